The highest BCUT2D eigenvalue weighted by molar-refractivity contribution is 8.76. The molecule has 6 heteroatoms. The van der Waals surface area contributed by atoms with E-state index in [2.05, 4.69) is 20.4 Å². The van der Waals surface area contributed by atoms with Crippen LogP contribution in [0.3, 0.4) is 0 Å². The standard InChI is InChI=1S/C6H6N4S2/c1-5(2-8-7-1)11-12-6-3-9-10-4-6/h1-4H,(H,7,8)(H,9,10). The second kappa shape index (κ2) is 3.68. The summed E-state index contributed by atoms with van der Waals surface area (Å²) in [6.07, 6.45) is 7.30. The van der Waals surface area contributed by atoms with E-state index in [9.17, 15) is 0 Å². The third-order valence-corrected chi connectivity index (χ3v) is 3.50. The number of hydrogen-bond donors (Lipinski definition) is 2. The van der Waals surface area contributed by atoms with Gasteiger partial charge in [0.25, 0.3) is 0 Å². The first-order valence-electron chi connectivity index (χ1n) is 3.27. The number of nitrogens with one attached hydrogen (secondary N) is 2. The van der Waals surface area contributed by atoms with E-state index < -0.39 is 0 Å². The fourth-order valence-corrected chi connectivity index (χ4v) is 2.38. The van der Waals surface area contributed by atoms with Crippen molar-refractivity contribution in [1.29, 1.82) is 0 Å². The monoisotopic (exact) mass is 198 g/mol. The zero-order chi connectivity index (χ0) is 8.23. The molecule has 4 nitrogen and oxygen atoms in total. The van der Waals surface area contributed by atoms with E-state index in [1.807, 2.05) is 12.4 Å². The summed E-state index contributed by atoms with van der Waals surface area (Å²) in [4.78, 5) is 2.22. The Morgan fingerprint density at radius 1 is 0.917 bits per heavy atom. The molecule has 0 saturated carbocycles. The van der Waals surface area contributed by atoms with Crippen LogP contribution in [-0.4, -0.2) is 20.4 Å². The minimum atomic E-state index is 1.11. The molecule has 0 bridgehead atoms. The fraction of sp³-hybridized carbons (Fsp3) is 0. The Morgan fingerprint density at radius 3 is 1.75 bits per heavy atom. The van der Waals surface area contributed by atoms with Gasteiger partial charge in [0.05, 0.1) is 22.2 Å². The van der Waals surface area contributed by atoms with E-state index in [4.69, 9.17) is 0 Å². The summed E-state index contributed by atoms with van der Waals surface area (Å²) in [7, 11) is 3.30. The van der Waals surface area contributed by atoms with Crippen LogP contribution in [0.5, 0.6) is 0 Å². The molecule has 0 aliphatic rings. The van der Waals surface area contributed by atoms with Gasteiger partial charge in [-0.15, -0.1) is 0 Å². The van der Waals surface area contributed by atoms with Crippen molar-refractivity contribution in [1.82, 2.24) is 20.4 Å². The predicted molar refractivity (Wildman–Crippen MR) is 48.9 cm³/mol. The van der Waals surface area contributed by atoms with Gasteiger partial charge in [-0.25, -0.2) is 0 Å². The van der Waals surface area contributed by atoms with Crippen molar-refractivity contribution < 1.29 is 0 Å². The van der Waals surface area contributed by atoms with Crippen LogP contribution < -0.4 is 0 Å². The predicted octanol–water partition coefficient (Wildman–Crippen LogP) is 1.93. The highest BCUT2D eigenvalue weighted by Gasteiger charge is 1.97. The Hall–Kier alpha value is -0.880. The van der Waals surface area contributed by atoms with Gasteiger partial charge in [-0.2, -0.15) is 10.2 Å². The molecule has 2 aromatic rings. The number of H-pyrrole nitrogens is 2. The van der Waals surface area contributed by atoms with Crippen LogP contribution in [0.15, 0.2) is 34.6 Å². The molecule has 0 spiro atoms. The lowest BCUT2D eigenvalue weighted by atomic mass is 10.7. The number of hydrogen-bond acceptors (Lipinski definition) is 4. The summed E-state index contributed by atoms with van der Waals surface area (Å²) < 4.78 is 0. The highest BCUT2D eigenvalue weighted by Crippen LogP contribution is 2.35. The van der Waals surface area contributed by atoms with Crippen LogP contribution in [0, 0.1) is 0 Å². The second-order valence-electron chi connectivity index (χ2n) is 2.03. The van der Waals surface area contributed by atoms with Gasteiger partial charge in [-0.1, -0.05) is 0 Å². The van der Waals surface area contributed by atoms with Crippen LogP contribution >= 0.6 is 21.6 Å². The van der Waals surface area contributed by atoms with Crippen molar-refractivity contribution in [2.75, 3.05) is 0 Å². The highest BCUT2D eigenvalue weighted by atomic mass is 33.1. The zero-order valence-electron chi connectivity index (χ0n) is 6.02. The van der Waals surface area contributed by atoms with Gasteiger partial charge in [-0.3, -0.25) is 10.2 Å². The molecule has 0 fully saturated rings. The normalized spacial score (nSPS) is 10.3. The summed E-state index contributed by atoms with van der Waals surface area (Å²) in [5.74, 6) is 0. The fourth-order valence-electron chi connectivity index (χ4n) is 0.665. The lowest BCUT2D eigenvalue weighted by Gasteiger charge is -1.90. The van der Waals surface area contributed by atoms with Crippen molar-refractivity contribution in [3.63, 3.8) is 0 Å². The summed E-state index contributed by atoms with van der Waals surface area (Å²) in [5.41, 5.74) is 0. The maximum Gasteiger partial charge on any atom is 0.0632 e. The summed E-state index contributed by atoms with van der Waals surface area (Å²) in [6, 6.07) is 0. The van der Waals surface area contributed by atoms with Crippen molar-refractivity contribution in [2.45, 2.75) is 9.79 Å². The third-order valence-electron chi connectivity index (χ3n) is 1.18. The molecule has 2 heterocycles. The van der Waals surface area contributed by atoms with Crippen LogP contribution in [0.1, 0.15) is 0 Å². The van der Waals surface area contributed by atoms with E-state index in [-0.39, 0.29) is 0 Å². The molecule has 62 valence electrons. The number of nitrogens with zero attached hydrogens (tertiary/aromatic N) is 2. The smallest absolute Gasteiger partial charge is 0.0632 e. The molecular formula is C6H6N4S2. The molecule has 0 atom stereocenters. The number of aromatic amines is 2. The lowest BCUT2D eigenvalue weighted by Crippen LogP contribution is -1.57. The van der Waals surface area contributed by atoms with Crippen LogP contribution in [0.25, 0.3) is 0 Å². The number of aromatic nitrogens is 4. The van der Waals surface area contributed by atoms with Gasteiger partial charge in [0.1, 0.15) is 0 Å². The van der Waals surface area contributed by atoms with Crippen molar-refractivity contribution in [3.8, 4) is 0 Å². The molecule has 2 rings (SSSR count). The van der Waals surface area contributed by atoms with Gasteiger partial charge >= 0.3 is 0 Å². The van der Waals surface area contributed by atoms with Gasteiger partial charge < -0.3 is 0 Å². The summed E-state index contributed by atoms with van der Waals surface area (Å²) >= 11 is 0. The molecule has 0 saturated heterocycles. The minimum Gasteiger partial charge on any atom is -0.285 e. The van der Waals surface area contributed by atoms with Crippen LogP contribution in [0.2, 0.25) is 0 Å². The maximum atomic E-state index is 3.84. The van der Waals surface area contributed by atoms with Gasteiger partial charge in [-0.05, 0) is 21.6 Å². The Kier molecular flexibility index (Phi) is 2.38. The molecule has 2 aromatic heterocycles. The SMILES string of the molecule is c1n[nH]cc1SSc1cn[nH]c1. The van der Waals surface area contributed by atoms with Crippen molar-refractivity contribution in [3.05, 3.63) is 24.8 Å². The van der Waals surface area contributed by atoms with Gasteiger partial charge in [0.15, 0.2) is 0 Å². The number of rotatable bonds is 3. The molecule has 0 aliphatic heterocycles. The Labute approximate surface area is 76.9 Å². The first-order valence-corrected chi connectivity index (χ1v) is 5.42. The Bertz CT molecular complexity index is 281. The molecule has 2 N–H and O–H groups in total. The largest absolute Gasteiger partial charge is 0.285 e. The molecule has 0 radical (unpaired) electrons. The average Bonchev–Trinajstić information content (AvgIpc) is 2.74. The average molecular weight is 198 g/mol. The summed E-state index contributed by atoms with van der Waals surface area (Å²) in [5, 5.41) is 13.2. The van der Waals surface area contributed by atoms with E-state index in [0.717, 1.165) is 9.79 Å². The topological polar surface area (TPSA) is 57.4 Å². The molecule has 12 heavy (non-hydrogen) atoms. The van der Waals surface area contributed by atoms with Gasteiger partial charge in [0.2, 0.25) is 0 Å². The first kappa shape index (κ1) is 7.75. The molecule has 0 unspecified atom stereocenters. The van der Waals surface area contributed by atoms with Crippen LogP contribution in [0.4, 0.5) is 0 Å². The minimum absolute atomic E-state index is 1.11. The second-order valence-corrected chi connectivity index (χ2v) is 4.31. The summed E-state index contributed by atoms with van der Waals surface area (Å²) in [6.45, 7) is 0. The Balaban J connectivity index is 1.91. The zero-order valence-corrected chi connectivity index (χ0v) is 7.65. The van der Waals surface area contributed by atoms with Crippen molar-refractivity contribution >= 4 is 21.6 Å². The van der Waals surface area contributed by atoms with E-state index in [0.29, 0.717) is 0 Å². The van der Waals surface area contributed by atoms with Gasteiger partial charge in [0, 0.05) is 12.4 Å². The van der Waals surface area contributed by atoms with E-state index in [1.165, 1.54) is 0 Å². The van der Waals surface area contributed by atoms with Crippen LogP contribution in [-0.2, 0) is 0 Å². The molecule has 0 amide bonds. The quantitative estimate of drug-likeness (QED) is 0.740. The Morgan fingerprint density at radius 2 is 1.42 bits per heavy atom. The first-order chi connectivity index (χ1) is 5.95. The van der Waals surface area contributed by atoms with Crippen molar-refractivity contribution in [2.24, 2.45) is 0 Å². The molecule has 0 aromatic carbocycles. The third kappa shape index (κ3) is 1.83. The van der Waals surface area contributed by atoms with E-state index in [1.54, 1.807) is 34.0 Å². The molecular weight excluding hydrogens is 192 g/mol. The van der Waals surface area contributed by atoms with E-state index >= 15 is 0 Å². The maximum absolute atomic E-state index is 3.84. The molecule has 0 aliphatic carbocycles. The lowest BCUT2D eigenvalue weighted by molar-refractivity contribution is 1.09.